The minimum Gasteiger partial charge on any atom is -0.508 e. The van der Waals surface area contributed by atoms with Gasteiger partial charge < -0.3 is 15.2 Å². The number of phenols is 1. The number of anilines is 1. The molecule has 9 heteroatoms. The highest BCUT2D eigenvalue weighted by molar-refractivity contribution is 14.2. The average Bonchev–Trinajstić information content (AvgIpc) is 3.28. The smallest absolute Gasteiger partial charge is 0.274 e. The number of benzene rings is 2. The van der Waals surface area contributed by atoms with Crippen LogP contribution in [0.15, 0.2) is 72.9 Å². The Hall–Kier alpha value is -2.97. The molecular weight excluding hydrogens is 526 g/mol. The Balaban J connectivity index is 1.59. The molecule has 0 aliphatic rings. The predicted molar refractivity (Wildman–Crippen MR) is 131 cm³/mol. The van der Waals surface area contributed by atoms with Gasteiger partial charge in [0.15, 0.2) is 0 Å². The summed E-state index contributed by atoms with van der Waals surface area (Å²) in [7, 11) is 1.54. The van der Waals surface area contributed by atoms with Gasteiger partial charge in [0.05, 0.1) is 30.6 Å². The topological polar surface area (TPSA) is 89.3 Å². The van der Waals surface area contributed by atoms with E-state index in [0.29, 0.717) is 29.2 Å². The van der Waals surface area contributed by atoms with E-state index in [4.69, 9.17) is 4.74 Å². The van der Waals surface area contributed by atoms with Gasteiger partial charge >= 0.3 is 0 Å². The van der Waals surface area contributed by atoms with Crippen LogP contribution in [0.2, 0.25) is 0 Å². The summed E-state index contributed by atoms with van der Waals surface area (Å²) < 4.78 is 7.32. The fourth-order valence-corrected chi connectivity index (χ4v) is 4.66. The molecule has 1 unspecified atom stereocenters. The second-order valence-electron chi connectivity index (χ2n) is 6.54. The van der Waals surface area contributed by atoms with Gasteiger partial charge in [0.25, 0.3) is 5.91 Å². The molecule has 1 atom stereocenters. The zero-order chi connectivity index (χ0) is 21.8. The van der Waals surface area contributed by atoms with Crippen LogP contribution in [0.25, 0.3) is 22.5 Å². The molecule has 4 aromatic rings. The monoisotopic (exact) mass is 544 g/mol. The maximum Gasteiger partial charge on any atom is 0.274 e. The summed E-state index contributed by atoms with van der Waals surface area (Å²) in [5.41, 5.74) is 4.07. The van der Waals surface area contributed by atoms with Crippen LogP contribution in [-0.2, 0) is 0 Å². The summed E-state index contributed by atoms with van der Waals surface area (Å²) in [5, 5.41) is 16.9. The summed E-state index contributed by atoms with van der Waals surface area (Å²) in [6, 6.07) is 19.6. The Kier molecular flexibility index (Phi) is 6.48. The maximum atomic E-state index is 12.9. The molecule has 156 valence electrons. The molecule has 31 heavy (non-hydrogen) atoms. The van der Waals surface area contributed by atoms with E-state index >= 15 is 0 Å². The minimum absolute atomic E-state index is 0.184. The second kappa shape index (κ2) is 9.45. The molecule has 2 aromatic heterocycles. The van der Waals surface area contributed by atoms with E-state index in [1.165, 1.54) is 0 Å². The number of carbonyl (C=O) groups excluding carboxylic acids is 1. The number of nitrogens with one attached hydrogen (secondary N) is 1. The van der Waals surface area contributed by atoms with Gasteiger partial charge in [-0.1, -0.05) is 24.3 Å². The first-order valence-corrected chi connectivity index (χ1v) is 13.3. The van der Waals surface area contributed by atoms with E-state index in [9.17, 15) is 9.90 Å². The van der Waals surface area contributed by atoms with Crippen LogP contribution in [-0.4, -0.2) is 32.7 Å². The summed E-state index contributed by atoms with van der Waals surface area (Å²) in [4.78, 5) is 17.4. The summed E-state index contributed by atoms with van der Waals surface area (Å²) >= 11 is 2.25. The Morgan fingerprint density at radius 1 is 1.10 bits per heavy atom. The first-order valence-electron chi connectivity index (χ1n) is 9.26. The number of phenolic OH excluding ortho intramolecular Hbond substituents is 1. The number of rotatable bonds is 6. The minimum atomic E-state index is -0.340. The molecule has 0 bridgehead atoms. The third-order valence-corrected chi connectivity index (χ3v) is 6.48. The van der Waals surface area contributed by atoms with Crippen molar-refractivity contribution in [1.82, 2.24) is 14.5 Å². The molecule has 0 saturated heterocycles. The highest BCUT2D eigenvalue weighted by Crippen LogP contribution is 2.33. The SMILES string of the molecule is COc1cc(-c2cccc(O)c2)ccc1NC(=O)c1cccc(-c2ccnn2PI)n1. The van der Waals surface area contributed by atoms with Crippen LogP contribution >= 0.6 is 28.4 Å². The van der Waals surface area contributed by atoms with Gasteiger partial charge in [-0.25, -0.2) is 9.44 Å². The lowest BCUT2D eigenvalue weighted by atomic mass is 10.0. The van der Waals surface area contributed by atoms with Gasteiger partial charge in [-0.2, -0.15) is 5.10 Å². The third-order valence-electron chi connectivity index (χ3n) is 4.60. The van der Waals surface area contributed by atoms with Crippen molar-refractivity contribution in [3.05, 3.63) is 78.6 Å². The van der Waals surface area contributed by atoms with Crippen molar-refractivity contribution in [2.75, 3.05) is 12.4 Å². The lowest BCUT2D eigenvalue weighted by Gasteiger charge is -2.12. The van der Waals surface area contributed by atoms with Crippen LogP contribution in [0.3, 0.4) is 0 Å². The zero-order valence-corrected chi connectivity index (χ0v) is 19.6. The summed E-state index contributed by atoms with van der Waals surface area (Å²) in [5.74, 6) is 0.354. The molecule has 2 N–H and O–H groups in total. The van der Waals surface area contributed by atoms with Crippen LogP contribution < -0.4 is 10.1 Å². The largest absolute Gasteiger partial charge is 0.508 e. The van der Waals surface area contributed by atoms with Crippen molar-refractivity contribution in [2.24, 2.45) is 0 Å². The molecule has 0 aliphatic heterocycles. The molecule has 0 radical (unpaired) electrons. The highest BCUT2D eigenvalue weighted by Gasteiger charge is 2.14. The van der Waals surface area contributed by atoms with Crippen molar-refractivity contribution < 1.29 is 14.6 Å². The zero-order valence-electron chi connectivity index (χ0n) is 16.4. The standard InChI is InChI=1S/C22H18IN4O3P/c1-30-21-13-15(14-4-2-5-16(28)12-14)8-9-18(21)26-22(29)19-7-3-6-17(25-19)20-10-11-24-27(20)31-23/h2-13,28,31H,1H3,(H,26,29). The van der Waals surface area contributed by atoms with Crippen molar-refractivity contribution in [2.45, 2.75) is 0 Å². The highest BCUT2D eigenvalue weighted by atomic mass is 127. The average molecular weight is 544 g/mol. The Morgan fingerprint density at radius 3 is 2.68 bits per heavy atom. The lowest BCUT2D eigenvalue weighted by molar-refractivity contribution is 0.102. The number of ether oxygens (including phenoxy) is 1. The van der Waals surface area contributed by atoms with Gasteiger partial charge in [-0.05, 0) is 75.6 Å². The van der Waals surface area contributed by atoms with Gasteiger partial charge in [-0.15, -0.1) is 0 Å². The van der Waals surface area contributed by atoms with E-state index in [-0.39, 0.29) is 11.7 Å². The normalized spacial score (nSPS) is 11.0. The van der Waals surface area contributed by atoms with E-state index in [0.717, 1.165) is 16.8 Å². The van der Waals surface area contributed by atoms with Gasteiger partial charge in [0.2, 0.25) is 0 Å². The Labute approximate surface area is 193 Å². The van der Waals surface area contributed by atoms with Crippen molar-refractivity contribution in [3.8, 4) is 34.0 Å². The first kappa shape index (κ1) is 21.3. The Morgan fingerprint density at radius 2 is 1.90 bits per heavy atom. The van der Waals surface area contributed by atoms with Crippen LogP contribution in [0.5, 0.6) is 11.5 Å². The first-order chi connectivity index (χ1) is 15.1. The van der Waals surface area contributed by atoms with Gasteiger partial charge in [0.1, 0.15) is 17.2 Å². The van der Waals surface area contributed by atoms with Crippen molar-refractivity contribution in [3.63, 3.8) is 0 Å². The van der Waals surface area contributed by atoms with Crippen LogP contribution in [0.1, 0.15) is 10.5 Å². The number of hydrogen-bond donors (Lipinski definition) is 2. The molecule has 0 saturated carbocycles. The number of hydrogen-bond acceptors (Lipinski definition) is 5. The molecule has 7 nitrogen and oxygen atoms in total. The van der Waals surface area contributed by atoms with Crippen LogP contribution in [0, 0.1) is 0 Å². The number of halogens is 1. The number of carbonyl (C=O) groups is 1. The molecule has 1 amide bonds. The fraction of sp³-hybridized carbons (Fsp3) is 0.0455. The lowest BCUT2D eigenvalue weighted by Crippen LogP contribution is -2.14. The van der Waals surface area contributed by atoms with E-state index in [1.807, 2.05) is 34.8 Å². The quantitative estimate of drug-likeness (QED) is 0.252. The molecule has 4 rings (SSSR count). The Bertz CT molecular complexity index is 1240. The van der Waals surface area contributed by atoms with E-state index < -0.39 is 0 Å². The third kappa shape index (κ3) is 4.70. The number of pyridine rings is 1. The van der Waals surface area contributed by atoms with Crippen molar-refractivity contribution in [1.29, 1.82) is 0 Å². The van der Waals surface area contributed by atoms with Crippen molar-refractivity contribution >= 4 is 40.0 Å². The predicted octanol–water partition coefficient (Wildman–Crippen LogP) is 5.37. The summed E-state index contributed by atoms with van der Waals surface area (Å²) in [6.07, 6.45) is 2.15. The number of nitrogens with zero attached hydrogens (tertiary/aromatic N) is 3. The maximum absolute atomic E-state index is 12.9. The molecule has 0 aliphatic carbocycles. The molecule has 0 fully saturated rings. The molecular formula is C22H18IN4O3P. The van der Waals surface area contributed by atoms with Crippen LogP contribution in [0.4, 0.5) is 5.69 Å². The van der Waals surface area contributed by atoms with E-state index in [2.05, 4.69) is 37.4 Å². The second-order valence-corrected chi connectivity index (χ2v) is 8.58. The number of methoxy groups -OCH3 is 1. The molecule has 2 heterocycles. The summed E-state index contributed by atoms with van der Waals surface area (Å²) in [6.45, 7) is 0. The molecule has 2 aromatic carbocycles. The fourth-order valence-electron chi connectivity index (χ4n) is 3.11. The number of aromatic nitrogens is 3. The number of amides is 1. The molecule has 0 spiro atoms. The van der Waals surface area contributed by atoms with Gasteiger partial charge in [-0.3, -0.25) is 4.79 Å². The van der Waals surface area contributed by atoms with Gasteiger partial charge in [0, 0.05) is 6.20 Å². The van der Waals surface area contributed by atoms with E-state index in [1.54, 1.807) is 49.7 Å². The number of aromatic hydroxyl groups is 1.